The highest BCUT2D eigenvalue weighted by Gasteiger charge is 2.34. The predicted molar refractivity (Wildman–Crippen MR) is 501 cm³/mol. The Morgan fingerprint density at radius 3 is 0.828 bits per heavy atom. The number of hydrogen-bond donors (Lipinski definition) is 1. The van der Waals surface area contributed by atoms with Gasteiger partial charge in [-0.3, -0.25) is 38.8 Å². The predicted octanol–water partition coefficient (Wildman–Crippen LogP) is 20.1. The van der Waals surface area contributed by atoms with E-state index in [9.17, 15) is 28.7 Å². The van der Waals surface area contributed by atoms with Crippen LogP contribution in [0.5, 0.6) is 46.0 Å². The van der Waals surface area contributed by atoms with Gasteiger partial charge in [0.1, 0.15) is 51.8 Å². The summed E-state index contributed by atoms with van der Waals surface area (Å²) in [5, 5.41) is 20.1. The first-order valence-corrected chi connectivity index (χ1v) is 45.8. The van der Waals surface area contributed by atoms with E-state index in [0.717, 1.165) is 125 Å². The highest BCUT2D eigenvalue weighted by molar-refractivity contribution is 7.15. The first-order valence-electron chi connectivity index (χ1n) is 41.9. The van der Waals surface area contributed by atoms with E-state index in [1.807, 2.05) is 128 Å². The smallest absolute Gasteiger partial charge is 0.260 e. The number of halogens is 2. The molecule has 4 aromatic heterocycles. The van der Waals surface area contributed by atoms with Crippen LogP contribution in [0.15, 0.2) is 173 Å². The van der Waals surface area contributed by atoms with Gasteiger partial charge >= 0.3 is 0 Å². The topological polar surface area (TPSA) is 264 Å². The van der Waals surface area contributed by atoms with Gasteiger partial charge in [0, 0.05) is 120 Å². The minimum absolute atomic E-state index is 0.00210. The minimum Gasteiger partial charge on any atom is -0.496 e. The average molecular weight is 1840 g/mol. The zero-order chi connectivity index (χ0) is 90.5. The van der Waals surface area contributed by atoms with Crippen molar-refractivity contribution in [3.05, 3.63) is 234 Å². The Bertz CT molecular complexity index is 5460. The minimum atomic E-state index is -0.304. The maximum Gasteiger partial charge on any atom is 0.260 e. The number of aliphatic hydroxyl groups is 1. The van der Waals surface area contributed by atoms with Crippen LogP contribution in [0.2, 0.25) is 5.02 Å². The lowest BCUT2D eigenvalue weighted by molar-refractivity contribution is 0.0913. The molecule has 0 saturated carbocycles. The molecule has 4 aliphatic rings. The van der Waals surface area contributed by atoms with Gasteiger partial charge in [-0.05, 0) is 170 Å². The molecule has 4 atom stereocenters. The molecule has 4 saturated heterocycles. The van der Waals surface area contributed by atoms with Gasteiger partial charge in [0.05, 0.1) is 137 Å². The fraction of sp³-hybridized carbons (Fsp3) is 0.340. The Labute approximate surface area is 765 Å². The lowest BCUT2D eigenvalue weighted by atomic mass is 10.1. The molecule has 0 aliphatic carbocycles. The molecule has 0 spiro atoms. The van der Waals surface area contributed by atoms with Crippen LogP contribution < -0.4 is 57.5 Å². The fourth-order valence-corrected chi connectivity index (χ4v) is 18.6. The van der Waals surface area contributed by atoms with E-state index >= 15 is 0 Å². The molecule has 8 aromatic carbocycles. The molecule has 31 heteroatoms. The fourth-order valence-electron chi connectivity index (χ4n) is 15.1. The summed E-state index contributed by atoms with van der Waals surface area (Å²) in [5.41, 5.74) is 12.9. The Balaban J connectivity index is 0.000000146. The molecule has 25 nitrogen and oxygen atoms in total. The third-order valence-electron chi connectivity index (χ3n) is 22.3. The van der Waals surface area contributed by atoms with Crippen LogP contribution in [-0.2, 0) is 25.6 Å². The molecule has 0 bridgehead atoms. The summed E-state index contributed by atoms with van der Waals surface area (Å²) in [6.45, 7) is 12.1. The van der Waals surface area contributed by atoms with Gasteiger partial charge in [-0.2, -0.15) is 0 Å². The number of aromatic nitrogens is 4. The number of carbonyl (C=O) groups is 4. The van der Waals surface area contributed by atoms with Crippen molar-refractivity contribution in [2.75, 3.05) is 129 Å². The summed E-state index contributed by atoms with van der Waals surface area (Å²) in [7, 11) is 12.6. The van der Waals surface area contributed by atoms with E-state index in [0.29, 0.717) is 145 Å². The molecule has 8 heterocycles. The number of benzene rings is 8. The second kappa shape index (κ2) is 45.0. The number of amides is 4. The summed E-state index contributed by atoms with van der Waals surface area (Å²) in [6.07, 6.45) is 7.51. The SMILES string of the molecule is COc1cc(C(=O)N(CC2CCCO2)c2nc(-c3ccc(CO)cc3)cs2)cc(OC)c1C.COc1cc(C(=O)N(CC2CCCO2)c2nc(-c3ccc(Cl)cc3)cs2)cc(OC)c1C.COc1cc(C(=O)N(CC2CCCO2)c2nc(-c3ccc(F)cc3)cs2)cc(OC)c1C.COc1cc(C(=O)N(CC2CCCO2)c2nc(-c3ccccc3)cs2)cc(OC)c1C. The van der Waals surface area contributed by atoms with Crippen molar-refractivity contribution < 1.29 is 85.5 Å². The molecule has 12 aromatic rings. The van der Waals surface area contributed by atoms with Crippen LogP contribution in [0.3, 0.4) is 0 Å². The largest absolute Gasteiger partial charge is 0.496 e. The Hall–Kier alpha value is -11.4. The van der Waals surface area contributed by atoms with E-state index in [2.05, 4.69) is 4.98 Å². The van der Waals surface area contributed by atoms with Gasteiger partial charge in [-0.25, -0.2) is 24.3 Å². The van der Waals surface area contributed by atoms with Gasteiger partial charge < -0.3 is 61.9 Å². The molecule has 4 amide bonds. The highest BCUT2D eigenvalue weighted by Crippen LogP contribution is 2.41. The molecule has 1 N–H and O–H groups in total. The molecule has 0 radical (unpaired) electrons. The third-order valence-corrected chi connectivity index (χ3v) is 26.0. The van der Waals surface area contributed by atoms with Gasteiger partial charge in [0.2, 0.25) is 0 Å². The second-order valence-corrected chi connectivity index (χ2v) is 34.3. The van der Waals surface area contributed by atoms with Crippen molar-refractivity contribution in [2.45, 2.75) is 110 Å². The molecular formula is C97H104ClFN8O17S4. The molecule has 4 unspecified atom stereocenters. The number of methoxy groups -OCH3 is 8. The van der Waals surface area contributed by atoms with Crippen LogP contribution in [-0.4, -0.2) is 183 Å². The number of carbonyl (C=O) groups excluding carboxylic acids is 4. The van der Waals surface area contributed by atoms with Gasteiger partial charge in [0.15, 0.2) is 20.5 Å². The summed E-state index contributed by atoms with van der Waals surface area (Å²) < 4.78 is 80.3. The van der Waals surface area contributed by atoms with Crippen molar-refractivity contribution >= 4 is 101 Å². The van der Waals surface area contributed by atoms with Gasteiger partial charge in [-0.15, -0.1) is 45.3 Å². The summed E-state index contributed by atoms with van der Waals surface area (Å²) >= 11 is 11.7. The second-order valence-electron chi connectivity index (χ2n) is 30.5. The highest BCUT2D eigenvalue weighted by atomic mass is 35.5. The van der Waals surface area contributed by atoms with Crippen LogP contribution in [0.1, 0.15) is 121 Å². The monoisotopic (exact) mass is 1830 g/mol. The molecule has 128 heavy (non-hydrogen) atoms. The Kier molecular flexibility index (Phi) is 33.1. The summed E-state index contributed by atoms with van der Waals surface area (Å²) in [5.74, 6) is 3.76. The normalized spacial score (nSPS) is 15.6. The molecule has 16 rings (SSSR count). The van der Waals surface area contributed by atoms with Crippen molar-refractivity contribution in [3.63, 3.8) is 0 Å². The zero-order valence-corrected chi connectivity index (χ0v) is 77.5. The summed E-state index contributed by atoms with van der Waals surface area (Å²) in [4.78, 5) is 80.4. The van der Waals surface area contributed by atoms with Crippen molar-refractivity contribution in [1.29, 1.82) is 0 Å². The van der Waals surface area contributed by atoms with Crippen LogP contribution in [0.4, 0.5) is 24.9 Å². The summed E-state index contributed by atoms with van der Waals surface area (Å²) in [6, 6.07) is 45.1. The van der Waals surface area contributed by atoms with E-state index in [1.165, 1.54) is 57.5 Å². The lowest BCUT2D eigenvalue weighted by Gasteiger charge is -2.24. The van der Waals surface area contributed by atoms with E-state index < -0.39 is 0 Å². The third kappa shape index (κ3) is 23.2. The molecule has 4 aliphatic heterocycles. The maximum absolute atomic E-state index is 13.7. The number of ether oxygens (including phenoxy) is 12. The maximum atomic E-state index is 13.7. The zero-order valence-electron chi connectivity index (χ0n) is 73.5. The number of nitrogens with zero attached hydrogens (tertiary/aromatic N) is 8. The van der Waals surface area contributed by atoms with E-state index in [4.69, 9.17) is 83.4 Å². The van der Waals surface area contributed by atoms with Crippen molar-refractivity contribution in [2.24, 2.45) is 0 Å². The lowest BCUT2D eigenvalue weighted by Crippen LogP contribution is -2.37. The van der Waals surface area contributed by atoms with Gasteiger partial charge in [-0.1, -0.05) is 78.3 Å². The van der Waals surface area contributed by atoms with Crippen LogP contribution >= 0.6 is 56.9 Å². The standard InChI is InChI=1S/C25H28N2O5S.C24H25ClN2O4S.C24H25FN2O4S.C24H26N2O4S/c1-16-22(30-2)11-19(12-23(16)31-3)24(29)27(13-20-5-4-10-32-20)25-26-21(15-33-25)18-8-6-17(14-28)7-9-18;2*1-15-21(29-2)11-17(12-22(15)30-3)23(28)27(13-19-5-4-10-31-19)24-26-20(14-32-24)16-6-8-18(25)9-7-16;1-16-21(28-2)12-18(13-22(16)29-3)23(27)26(14-19-10-7-11-30-19)24-25-20(15-31-24)17-8-5-4-6-9-17/h6-9,11-12,15,20,28H,4-5,10,13-14H2,1-3H3;2*6-9,11-12,14,19H,4-5,10,13H2,1-3H3;4-6,8-9,12-13,15,19H,7,10-11,14H2,1-3H3. The average Bonchev–Trinajstić information content (AvgIpc) is 1.39. The van der Waals surface area contributed by atoms with Crippen LogP contribution in [0.25, 0.3) is 45.0 Å². The number of hydrogen-bond acceptors (Lipinski definition) is 25. The number of anilines is 4. The number of thiazole rings is 4. The van der Waals surface area contributed by atoms with E-state index in [-0.39, 0.29) is 60.5 Å². The number of aliphatic hydroxyl groups excluding tert-OH is 1. The Morgan fingerprint density at radius 1 is 0.367 bits per heavy atom. The van der Waals surface area contributed by atoms with E-state index in [1.54, 1.807) is 137 Å². The first kappa shape index (κ1) is 94.2. The number of rotatable bonds is 29. The molecular weight excluding hydrogens is 1730 g/mol. The van der Waals surface area contributed by atoms with Crippen molar-refractivity contribution in [1.82, 2.24) is 19.9 Å². The first-order chi connectivity index (χ1) is 62.1. The van der Waals surface area contributed by atoms with Gasteiger partial charge in [0.25, 0.3) is 23.6 Å². The van der Waals surface area contributed by atoms with Crippen LogP contribution in [0, 0.1) is 33.5 Å². The van der Waals surface area contributed by atoms with Crippen molar-refractivity contribution in [3.8, 4) is 91.0 Å². The molecule has 672 valence electrons. The Morgan fingerprint density at radius 2 is 0.602 bits per heavy atom. The quantitative estimate of drug-likeness (QED) is 0.0456. The molecule has 4 fully saturated rings.